The van der Waals surface area contributed by atoms with E-state index in [-0.39, 0.29) is 5.91 Å². The molecular formula is C15H20N6O. The minimum Gasteiger partial charge on any atom is -0.351 e. The number of hydrogen-bond acceptors (Lipinski definition) is 6. The van der Waals surface area contributed by atoms with Gasteiger partial charge in [0.1, 0.15) is 0 Å². The molecule has 0 fully saturated rings. The molecule has 2 rings (SSSR count). The highest BCUT2D eigenvalue weighted by Gasteiger charge is 2.06. The third kappa shape index (κ3) is 5.10. The molecule has 0 bridgehead atoms. The lowest BCUT2D eigenvalue weighted by Crippen LogP contribution is -2.31. The average Bonchev–Trinajstić information content (AvgIpc) is 2.54. The Morgan fingerprint density at radius 1 is 1.18 bits per heavy atom. The Morgan fingerprint density at radius 3 is 2.50 bits per heavy atom. The van der Waals surface area contributed by atoms with Crippen LogP contribution in [0.4, 0.5) is 5.95 Å². The molecule has 0 saturated carbocycles. The molecule has 0 unspecified atom stereocenters. The molecule has 116 valence electrons. The quantitative estimate of drug-likeness (QED) is 0.786. The maximum atomic E-state index is 11.9. The first-order valence-electron chi connectivity index (χ1n) is 7.03. The van der Waals surface area contributed by atoms with Gasteiger partial charge in [0.2, 0.25) is 5.95 Å². The van der Waals surface area contributed by atoms with Crippen molar-refractivity contribution in [3.63, 3.8) is 0 Å². The van der Waals surface area contributed by atoms with Crippen molar-refractivity contribution < 1.29 is 4.79 Å². The molecule has 22 heavy (non-hydrogen) atoms. The molecule has 2 aromatic rings. The zero-order chi connectivity index (χ0) is 15.8. The first-order valence-corrected chi connectivity index (χ1v) is 7.03. The van der Waals surface area contributed by atoms with Gasteiger partial charge >= 0.3 is 0 Å². The van der Waals surface area contributed by atoms with Crippen molar-refractivity contribution in [3.8, 4) is 0 Å². The number of hydrogen-bond donors (Lipinski definition) is 2. The van der Waals surface area contributed by atoms with Crippen LogP contribution in [0.25, 0.3) is 0 Å². The van der Waals surface area contributed by atoms with Crippen molar-refractivity contribution in [3.05, 3.63) is 48.0 Å². The van der Waals surface area contributed by atoms with E-state index in [1.165, 1.54) is 12.4 Å². The second-order valence-corrected chi connectivity index (χ2v) is 5.06. The van der Waals surface area contributed by atoms with E-state index < -0.39 is 0 Å². The third-order valence-corrected chi connectivity index (χ3v) is 2.96. The highest BCUT2D eigenvalue weighted by molar-refractivity contribution is 5.93. The molecule has 0 aliphatic carbocycles. The highest BCUT2D eigenvalue weighted by atomic mass is 16.1. The number of carbonyl (C=O) groups excluding carboxylic acids is 1. The number of pyridine rings is 1. The predicted molar refractivity (Wildman–Crippen MR) is 84.5 cm³/mol. The first-order chi connectivity index (χ1) is 10.6. The minimum atomic E-state index is -0.164. The Morgan fingerprint density at radius 2 is 1.86 bits per heavy atom. The monoisotopic (exact) mass is 300 g/mol. The normalized spacial score (nSPS) is 10.5. The van der Waals surface area contributed by atoms with Gasteiger partial charge in [-0.15, -0.1) is 0 Å². The van der Waals surface area contributed by atoms with Crippen molar-refractivity contribution in [1.29, 1.82) is 0 Å². The van der Waals surface area contributed by atoms with Gasteiger partial charge < -0.3 is 15.5 Å². The van der Waals surface area contributed by atoms with Gasteiger partial charge in [0.25, 0.3) is 5.91 Å². The Labute approximate surface area is 129 Å². The third-order valence-electron chi connectivity index (χ3n) is 2.96. The fourth-order valence-corrected chi connectivity index (χ4v) is 1.71. The van der Waals surface area contributed by atoms with E-state index >= 15 is 0 Å². The molecular weight excluding hydrogens is 280 g/mol. The van der Waals surface area contributed by atoms with Crippen LogP contribution in [0.2, 0.25) is 0 Å². The van der Waals surface area contributed by atoms with E-state index in [9.17, 15) is 4.79 Å². The van der Waals surface area contributed by atoms with Gasteiger partial charge in [-0.25, -0.2) is 9.97 Å². The fraction of sp³-hybridized carbons (Fsp3) is 0.333. The van der Waals surface area contributed by atoms with Crippen molar-refractivity contribution in [2.45, 2.75) is 6.54 Å². The molecule has 0 aliphatic heterocycles. The van der Waals surface area contributed by atoms with Crippen LogP contribution in [-0.4, -0.2) is 52.9 Å². The second kappa shape index (κ2) is 8.04. The van der Waals surface area contributed by atoms with E-state index in [0.717, 1.165) is 12.1 Å². The molecule has 0 saturated heterocycles. The maximum Gasteiger partial charge on any atom is 0.254 e. The number of carbonyl (C=O) groups is 1. The van der Waals surface area contributed by atoms with Crippen LogP contribution in [0.1, 0.15) is 15.9 Å². The summed E-state index contributed by atoms with van der Waals surface area (Å²) in [7, 11) is 3.91. The van der Waals surface area contributed by atoms with Gasteiger partial charge in [-0.05, 0) is 31.8 Å². The molecule has 2 N–H and O–H groups in total. The lowest BCUT2D eigenvalue weighted by Gasteiger charge is -2.10. The summed E-state index contributed by atoms with van der Waals surface area (Å²) < 4.78 is 0. The molecule has 0 radical (unpaired) electrons. The van der Waals surface area contributed by atoms with Crippen LogP contribution < -0.4 is 10.6 Å². The van der Waals surface area contributed by atoms with Gasteiger partial charge in [0.05, 0.1) is 5.56 Å². The van der Waals surface area contributed by atoms with E-state index in [1.54, 1.807) is 12.4 Å². The van der Waals surface area contributed by atoms with Crippen LogP contribution in [0, 0.1) is 0 Å². The minimum absolute atomic E-state index is 0.164. The zero-order valence-electron chi connectivity index (χ0n) is 12.8. The number of likely N-dealkylation sites (N-methyl/N-ethyl adjacent to an activating group) is 1. The molecule has 2 aromatic heterocycles. The Kier molecular flexibility index (Phi) is 5.79. The molecule has 0 aromatic carbocycles. The Hall–Kier alpha value is -2.54. The van der Waals surface area contributed by atoms with Crippen molar-refractivity contribution >= 4 is 11.9 Å². The van der Waals surface area contributed by atoms with Crippen LogP contribution in [0.15, 0.2) is 36.9 Å². The van der Waals surface area contributed by atoms with Crippen LogP contribution >= 0.6 is 0 Å². The van der Waals surface area contributed by atoms with Crippen molar-refractivity contribution in [2.24, 2.45) is 0 Å². The SMILES string of the molecule is CN(C)CCNC(=O)c1cnc(NCc2ccncc2)nc1. The summed E-state index contributed by atoms with van der Waals surface area (Å²) in [6, 6.07) is 3.83. The Balaban J connectivity index is 1.83. The molecule has 7 nitrogen and oxygen atoms in total. The molecule has 0 spiro atoms. The summed E-state index contributed by atoms with van der Waals surface area (Å²) >= 11 is 0. The number of nitrogens with one attached hydrogen (secondary N) is 2. The summed E-state index contributed by atoms with van der Waals surface area (Å²) in [4.78, 5) is 26.1. The van der Waals surface area contributed by atoms with E-state index in [0.29, 0.717) is 24.6 Å². The number of nitrogens with zero attached hydrogens (tertiary/aromatic N) is 4. The average molecular weight is 300 g/mol. The van der Waals surface area contributed by atoms with Crippen molar-refractivity contribution in [2.75, 3.05) is 32.5 Å². The number of amides is 1. The highest BCUT2D eigenvalue weighted by Crippen LogP contribution is 2.03. The van der Waals surface area contributed by atoms with Crippen LogP contribution in [-0.2, 0) is 6.54 Å². The molecule has 0 aliphatic rings. The largest absolute Gasteiger partial charge is 0.351 e. The summed E-state index contributed by atoms with van der Waals surface area (Å²) in [5, 5.41) is 5.92. The van der Waals surface area contributed by atoms with E-state index in [1.807, 2.05) is 31.1 Å². The first kappa shape index (κ1) is 15.8. The summed E-state index contributed by atoms with van der Waals surface area (Å²) in [6.07, 6.45) is 6.51. The molecule has 1 amide bonds. The number of rotatable bonds is 7. The summed E-state index contributed by atoms with van der Waals surface area (Å²) in [5.74, 6) is 0.323. The van der Waals surface area contributed by atoms with Crippen LogP contribution in [0.5, 0.6) is 0 Å². The van der Waals surface area contributed by atoms with Gasteiger partial charge in [-0.3, -0.25) is 9.78 Å². The van der Waals surface area contributed by atoms with Gasteiger partial charge in [-0.2, -0.15) is 0 Å². The van der Waals surface area contributed by atoms with Crippen molar-refractivity contribution in [1.82, 2.24) is 25.2 Å². The van der Waals surface area contributed by atoms with Gasteiger partial charge in [0, 0.05) is 44.4 Å². The maximum absolute atomic E-state index is 11.9. The second-order valence-electron chi connectivity index (χ2n) is 5.06. The van der Waals surface area contributed by atoms with Gasteiger partial charge in [-0.1, -0.05) is 0 Å². The number of anilines is 1. The predicted octanol–water partition coefficient (Wildman–Crippen LogP) is 0.775. The Bertz CT molecular complexity index is 585. The standard InChI is InChI=1S/C15H20N6O/c1-21(2)8-7-17-14(22)13-10-19-15(20-11-13)18-9-12-3-5-16-6-4-12/h3-6,10-11H,7-9H2,1-2H3,(H,17,22)(H,18,19,20). The lowest BCUT2D eigenvalue weighted by atomic mass is 10.3. The lowest BCUT2D eigenvalue weighted by molar-refractivity contribution is 0.0950. The topological polar surface area (TPSA) is 83.0 Å². The number of aromatic nitrogens is 3. The molecule has 7 heteroatoms. The summed E-state index contributed by atoms with van der Waals surface area (Å²) in [6.45, 7) is 1.99. The van der Waals surface area contributed by atoms with E-state index in [2.05, 4.69) is 25.6 Å². The van der Waals surface area contributed by atoms with Crippen LogP contribution in [0.3, 0.4) is 0 Å². The molecule has 2 heterocycles. The van der Waals surface area contributed by atoms with Gasteiger partial charge in [0.15, 0.2) is 0 Å². The zero-order valence-corrected chi connectivity index (χ0v) is 12.8. The smallest absolute Gasteiger partial charge is 0.254 e. The van der Waals surface area contributed by atoms with E-state index in [4.69, 9.17) is 0 Å². The molecule has 0 atom stereocenters. The fourth-order valence-electron chi connectivity index (χ4n) is 1.71. The summed E-state index contributed by atoms with van der Waals surface area (Å²) in [5.41, 5.74) is 1.54.